The van der Waals surface area contributed by atoms with Crippen LogP contribution in [0, 0.1) is 6.92 Å². The summed E-state index contributed by atoms with van der Waals surface area (Å²) < 4.78 is 7.02. The molecule has 0 atom stereocenters. The van der Waals surface area contributed by atoms with E-state index in [2.05, 4.69) is 34.8 Å². The van der Waals surface area contributed by atoms with Gasteiger partial charge < -0.3 is 14.6 Å². The fourth-order valence-electron chi connectivity index (χ4n) is 4.23. The van der Waals surface area contributed by atoms with Gasteiger partial charge >= 0.3 is 5.97 Å². The van der Waals surface area contributed by atoms with Crippen LogP contribution in [-0.2, 0) is 4.74 Å². The van der Waals surface area contributed by atoms with Gasteiger partial charge in [-0.3, -0.25) is 9.98 Å². The van der Waals surface area contributed by atoms with Crippen LogP contribution in [0.5, 0.6) is 0 Å². The number of carbonyl (C=O) groups is 1. The van der Waals surface area contributed by atoms with Gasteiger partial charge in [-0.2, -0.15) is 0 Å². The van der Waals surface area contributed by atoms with Gasteiger partial charge in [0.25, 0.3) is 0 Å². The number of fused-ring (bicyclic) bond motifs is 2. The Morgan fingerprint density at radius 1 is 1.00 bits per heavy atom. The van der Waals surface area contributed by atoms with Gasteiger partial charge in [-0.05, 0) is 81.4 Å². The van der Waals surface area contributed by atoms with Crippen molar-refractivity contribution in [1.29, 1.82) is 0 Å². The molecule has 0 bridgehead atoms. The smallest absolute Gasteiger partial charge is 0.337 e. The minimum Gasteiger partial charge on any atom is -0.465 e. The highest BCUT2D eigenvalue weighted by molar-refractivity contribution is 5.90. The van der Waals surface area contributed by atoms with E-state index in [1.54, 1.807) is 18.3 Å². The molecule has 0 unspecified atom stereocenters. The molecule has 7 nitrogen and oxygen atoms in total. The van der Waals surface area contributed by atoms with Crippen molar-refractivity contribution in [2.75, 3.05) is 12.4 Å². The number of anilines is 2. The predicted octanol–water partition coefficient (Wildman–Crippen LogP) is 5.67. The summed E-state index contributed by atoms with van der Waals surface area (Å²) in [6, 6.07) is 23.5. The molecular weight excluding hydrogens is 450 g/mol. The third-order valence-electron chi connectivity index (χ3n) is 5.92. The van der Waals surface area contributed by atoms with Crippen LogP contribution in [0.25, 0.3) is 28.1 Å². The topological polar surface area (TPSA) is 81.4 Å². The maximum Gasteiger partial charge on any atom is 0.337 e. The van der Waals surface area contributed by atoms with E-state index in [9.17, 15) is 4.79 Å². The standard InChI is InChI=1S/C29H27N5O2/c1-18(2)31-25-17-28-26(16-24(25)32-22-9-7-15-30-19(22)3)33-23-8-5-6-10-27(23)34(28)21-13-11-20(12-14-21)29(35)36-4/h5-18,32H,1-4H3/b31-25+. The zero-order chi connectivity index (χ0) is 25.2. The van der Waals surface area contributed by atoms with Gasteiger partial charge in [-0.25, -0.2) is 9.78 Å². The van der Waals surface area contributed by atoms with Crippen molar-refractivity contribution < 1.29 is 9.53 Å². The Morgan fingerprint density at radius 2 is 1.78 bits per heavy atom. The number of benzene rings is 3. The van der Waals surface area contributed by atoms with Crippen LogP contribution >= 0.6 is 0 Å². The third kappa shape index (κ3) is 4.43. The first-order chi connectivity index (χ1) is 17.4. The van der Waals surface area contributed by atoms with E-state index < -0.39 is 0 Å². The molecule has 180 valence electrons. The average molecular weight is 478 g/mol. The Balaban J connectivity index is 1.78. The van der Waals surface area contributed by atoms with Crippen molar-refractivity contribution in [2.24, 2.45) is 4.99 Å². The van der Waals surface area contributed by atoms with Crippen molar-refractivity contribution >= 4 is 28.4 Å². The van der Waals surface area contributed by atoms with E-state index in [0.717, 1.165) is 50.5 Å². The van der Waals surface area contributed by atoms with Crippen molar-refractivity contribution in [1.82, 2.24) is 14.5 Å². The summed E-state index contributed by atoms with van der Waals surface area (Å²) in [6.45, 7) is 6.09. The summed E-state index contributed by atoms with van der Waals surface area (Å²) in [5.41, 5.74) is 7.63. The molecule has 0 saturated carbocycles. The molecule has 0 amide bonds. The summed E-state index contributed by atoms with van der Waals surface area (Å²) in [5.74, 6) is -0.365. The first-order valence-electron chi connectivity index (χ1n) is 11.8. The summed E-state index contributed by atoms with van der Waals surface area (Å²) in [7, 11) is 1.38. The molecule has 0 radical (unpaired) electrons. The summed E-state index contributed by atoms with van der Waals surface area (Å²) in [5, 5.41) is 4.35. The average Bonchev–Trinajstić information content (AvgIpc) is 2.88. The number of hydrogen-bond acceptors (Lipinski definition) is 6. The molecule has 0 saturated heterocycles. The number of aryl methyl sites for hydroxylation is 1. The first-order valence-corrected chi connectivity index (χ1v) is 11.8. The minimum atomic E-state index is -0.365. The molecule has 1 aliphatic carbocycles. The molecule has 1 aliphatic heterocycles. The zero-order valence-electron chi connectivity index (χ0n) is 20.7. The SMILES string of the molecule is COC(=O)c1ccc(-n2c3c/c(=N\C(C)C)c(Nc4cccnc4C)cc-3nc3ccccc32)cc1. The molecule has 0 spiro atoms. The monoisotopic (exact) mass is 477 g/mol. The fraction of sp³-hybridized carbons (Fsp3) is 0.172. The highest BCUT2D eigenvalue weighted by Crippen LogP contribution is 2.30. The van der Waals surface area contributed by atoms with E-state index >= 15 is 0 Å². The Hall–Kier alpha value is -4.52. The van der Waals surface area contributed by atoms with E-state index in [1.807, 2.05) is 61.5 Å². The lowest BCUT2D eigenvalue weighted by Crippen LogP contribution is -2.17. The largest absolute Gasteiger partial charge is 0.465 e. The molecule has 2 aliphatic rings. The normalized spacial score (nSPS) is 11.9. The lowest BCUT2D eigenvalue weighted by Gasteiger charge is -2.20. The summed E-state index contributed by atoms with van der Waals surface area (Å²) >= 11 is 0. The predicted molar refractivity (Wildman–Crippen MR) is 142 cm³/mol. The Labute approximate surface area is 209 Å². The number of methoxy groups -OCH3 is 1. The van der Waals surface area contributed by atoms with Gasteiger partial charge in [-0.15, -0.1) is 0 Å². The number of esters is 1. The number of ether oxygens (including phenoxy) is 1. The highest BCUT2D eigenvalue weighted by atomic mass is 16.5. The second-order valence-corrected chi connectivity index (χ2v) is 8.82. The fourth-order valence-corrected chi connectivity index (χ4v) is 4.23. The lowest BCUT2D eigenvalue weighted by molar-refractivity contribution is 0.0600. The van der Waals surface area contributed by atoms with Crippen LogP contribution in [0.4, 0.5) is 11.4 Å². The Bertz CT molecular complexity index is 1600. The number of nitrogens with zero attached hydrogens (tertiary/aromatic N) is 4. The molecule has 1 N–H and O–H groups in total. The van der Waals surface area contributed by atoms with Gasteiger partial charge in [-0.1, -0.05) is 12.1 Å². The molecule has 36 heavy (non-hydrogen) atoms. The Kier molecular flexibility index (Phi) is 6.21. The summed E-state index contributed by atoms with van der Waals surface area (Å²) in [6.07, 6.45) is 1.78. The number of aromatic nitrogens is 3. The Morgan fingerprint density at radius 3 is 2.50 bits per heavy atom. The van der Waals surface area contributed by atoms with Crippen LogP contribution in [-0.4, -0.2) is 33.7 Å². The van der Waals surface area contributed by atoms with Crippen LogP contribution in [0.15, 0.2) is 84.0 Å². The molecule has 2 heterocycles. The zero-order valence-corrected chi connectivity index (χ0v) is 20.7. The number of rotatable bonds is 5. The van der Waals surface area contributed by atoms with E-state index in [0.29, 0.717) is 5.56 Å². The van der Waals surface area contributed by atoms with Crippen molar-refractivity contribution in [2.45, 2.75) is 26.8 Å². The number of nitrogens with one attached hydrogen (secondary N) is 1. The van der Waals surface area contributed by atoms with E-state index in [-0.39, 0.29) is 12.0 Å². The van der Waals surface area contributed by atoms with Gasteiger partial charge in [0, 0.05) is 17.9 Å². The van der Waals surface area contributed by atoms with Crippen molar-refractivity contribution in [3.05, 3.63) is 95.6 Å². The molecule has 1 aromatic heterocycles. The van der Waals surface area contributed by atoms with Crippen molar-refractivity contribution in [3.8, 4) is 17.1 Å². The molecule has 3 aromatic rings. The molecule has 2 aromatic carbocycles. The van der Waals surface area contributed by atoms with Crippen LogP contribution in [0.3, 0.4) is 0 Å². The van der Waals surface area contributed by atoms with Crippen LogP contribution in [0.1, 0.15) is 29.9 Å². The van der Waals surface area contributed by atoms with Gasteiger partial charge in [0.2, 0.25) is 0 Å². The minimum absolute atomic E-state index is 0.0965. The van der Waals surface area contributed by atoms with E-state index in [1.165, 1.54) is 7.11 Å². The quantitative estimate of drug-likeness (QED) is 0.260. The second-order valence-electron chi connectivity index (χ2n) is 8.82. The number of carbonyl (C=O) groups excluding carboxylic acids is 1. The van der Waals surface area contributed by atoms with Crippen LogP contribution in [0.2, 0.25) is 0 Å². The van der Waals surface area contributed by atoms with E-state index in [4.69, 9.17) is 14.7 Å². The first kappa shape index (κ1) is 23.2. The number of para-hydroxylation sites is 2. The highest BCUT2D eigenvalue weighted by Gasteiger charge is 2.17. The van der Waals surface area contributed by atoms with Crippen LogP contribution < -0.4 is 10.7 Å². The molecule has 7 heteroatoms. The maximum atomic E-state index is 12.0. The third-order valence-corrected chi connectivity index (χ3v) is 5.92. The molecule has 5 rings (SSSR count). The van der Waals surface area contributed by atoms with Gasteiger partial charge in [0.05, 0.1) is 57.5 Å². The molecule has 0 fully saturated rings. The van der Waals surface area contributed by atoms with Gasteiger partial charge in [0.15, 0.2) is 0 Å². The van der Waals surface area contributed by atoms with Crippen molar-refractivity contribution in [3.63, 3.8) is 0 Å². The lowest BCUT2D eigenvalue weighted by atomic mass is 10.1. The molecular formula is C29H27N5O2. The second kappa shape index (κ2) is 9.62. The maximum absolute atomic E-state index is 12.0. The van der Waals surface area contributed by atoms with Gasteiger partial charge in [0.1, 0.15) is 0 Å². The summed E-state index contributed by atoms with van der Waals surface area (Å²) in [4.78, 5) is 26.3. The number of pyridine rings is 1. The number of hydrogen-bond donors (Lipinski definition) is 1.